The number of nitrogens with zero attached hydrogens (tertiary/aromatic N) is 2. The lowest BCUT2D eigenvalue weighted by Gasteiger charge is -2.05. The highest BCUT2D eigenvalue weighted by Crippen LogP contribution is 2.14. The van der Waals surface area contributed by atoms with Crippen LogP contribution in [-0.4, -0.2) is 22.6 Å². The van der Waals surface area contributed by atoms with Crippen LogP contribution in [0, 0.1) is 0 Å². The van der Waals surface area contributed by atoms with Gasteiger partial charge in [0.2, 0.25) is 0 Å². The van der Waals surface area contributed by atoms with Gasteiger partial charge in [0.05, 0.1) is 0 Å². The Bertz CT molecular complexity index is 596. The summed E-state index contributed by atoms with van der Waals surface area (Å²) in [6.45, 7) is 4.19. The minimum atomic E-state index is -0.296. The van der Waals surface area contributed by atoms with Gasteiger partial charge in [-0.1, -0.05) is 22.0 Å². The predicted molar refractivity (Wildman–Crippen MR) is 82.8 cm³/mol. The van der Waals surface area contributed by atoms with Gasteiger partial charge in [0.1, 0.15) is 5.82 Å². The Balaban J connectivity index is 2.01. The maximum Gasteiger partial charge on any atom is 0.276 e. The molecule has 0 fully saturated rings. The molecule has 0 bridgehead atoms. The SMILES string of the molecule is C=CCNc1ccc(C(=O)Nc2ccc(Br)cc2)nn1. The second kappa shape index (κ2) is 6.81. The summed E-state index contributed by atoms with van der Waals surface area (Å²) in [4.78, 5) is 12.0. The van der Waals surface area contributed by atoms with E-state index in [1.807, 2.05) is 12.1 Å². The maximum absolute atomic E-state index is 12.0. The maximum atomic E-state index is 12.0. The lowest BCUT2D eigenvalue weighted by molar-refractivity contribution is 0.102. The van der Waals surface area contributed by atoms with Crippen LogP contribution in [0.2, 0.25) is 0 Å². The largest absolute Gasteiger partial charge is 0.365 e. The zero-order valence-electron chi connectivity index (χ0n) is 10.6. The van der Waals surface area contributed by atoms with Gasteiger partial charge in [-0.15, -0.1) is 16.8 Å². The summed E-state index contributed by atoms with van der Waals surface area (Å²) >= 11 is 3.34. The Morgan fingerprint density at radius 1 is 1.20 bits per heavy atom. The van der Waals surface area contributed by atoms with Gasteiger partial charge >= 0.3 is 0 Å². The van der Waals surface area contributed by atoms with Crippen LogP contribution in [0.4, 0.5) is 11.5 Å². The molecule has 20 heavy (non-hydrogen) atoms. The molecular formula is C14H13BrN4O. The minimum absolute atomic E-state index is 0.261. The third-order valence-electron chi connectivity index (χ3n) is 2.43. The van der Waals surface area contributed by atoms with E-state index >= 15 is 0 Å². The smallest absolute Gasteiger partial charge is 0.276 e. The molecule has 2 N–H and O–H groups in total. The molecule has 6 heteroatoms. The highest BCUT2D eigenvalue weighted by molar-refractivity contribution is 9.10. The van der Waals surface area contributed by atoms with Crippen molar-refractivity contribution in [2.45, 2.75) is 0 Å². The monoisotopic (exact) mass is 332 g/mol. The molecule has 1 aromatic heterocycles. The Kier molecular flexibility index (Phi) is 4.84. The predicted octanol–water partition coefficient (Wildman–Crippen LogP) is 3.09. The first-order valence-corrected chi connectivity index (χ1v) is 6.74. The van der Waals surface area contributed by atoms with Gasteiger partial charge in [0.15, 0.2) is 5.69 Å². The van der Waals surface area contributed by atoms with E-state index in [4.69, 9.17) is 0 Å². The van der Waals surface area contributed by atoms with E-state index in [0.717, 1.165) is 4.47 Å². The fourth-order valence-corrected chi connectivity index (χ4v) is 1.72. The van der Waals surface area contributed by atoms with E-state index in [1.54, 1.807) is 30.3 Å². The number of nitrogens with one attached hydrogen (secondary N) is 2. The number of carbonyl (C=O) groups is 1. The fraction of sp³-hybridized carbons (Fsp3) is 0.0714. The van der Waals surface area contributed by atoms with Crippen molar-refractivity contribution in [3.05, 3.63) is 59.2 Å². The average Bonchev–Trinajstić information content (AvgIpc) is 2.48. The third kappa shape index (κ3) is 3.89. The van der Waals surface area contributed by atoms with Gasteiger partial charge in [-0.25, -0.2) is 0 Å². The Morgan fingerprint density at radius 3 is 2.55 bits per heavy atom. The van der Waals surface area contributed by atoms with Crippen molar-refractivity contribution < 1.29 is 4.79 Å². The number of benzene rings is 1. The van der Waals surface area contributed by atoms with Crippen LogP contribution in [0.25, 0.3) is 0 Å². The first kappa shape index (κ1) is 14.2. The number of aromatic nitrogens is 2. The molecular weight excluding hydrogens is 320 g/mol. The van der Waals surface area contributed by atoms with E-state index in [0.29, 0.717) is 18.1 Å². The van der Waals surface area contributed by atoms with E-state index in [2.05, 4.69) is 43.3 Å². The molecule has 1 heterocycles. The van der Waals surface area contributed by atoms with Crippen molar-refractivity contribution in [2.75, 3.05) is 17.2 Å². The van der Waals surface area contributed by atoms with Gasteiger partial charge in [-0.05, 0) is 36.4 Å². The number of anilines is 2. The molecule has 0 saturated heterocycles. The van der Waals surface area contributed by atoms with Crippen molar-refractivity contribution in [3.8, 4) is 0 Å². The highest BCUT2D eigenvalue weighted by atomic mass is 79.9. The molecule has 0 spiro atoms. The summed E-state index contributed by atoms with van der Waals surface area (Å²) in [6.07, 6.45) is 1.72. The van der Waals surface area contributed by atoms with Crippen LogP contribution in [0.15, 0.2) is 53.5 Å². The van der Waals surface area contributed by atoms with Crippen molar-refractivity contribution in [3.63, 3.8) is 0 Å². The Morgan fingerprint density at radius 2 is 1.95 bits per heavy atom. The molecule has 0 aliphatic rings. The van der Waals surface area contributed by atoms with Crippen molar-refractivity contribution >= 4 is 33.3 Å². The van der Waals surface area contributed by atoms with Gasteiger partial charge in [-0.3, -0.25) is 4.79 Å². The number of carbonyl (C=O) groups excluding carboxylic acids is 1. The van der Waals surface area contributed by atoms with E-state index < -0.39 is 0 Å². The summed E-state index contributed by atoms with van der Waals surface area (Å²) in [5.74, 6) is 0.306. The Labute approximate surface area is 125 Å². The lowest BCUT2D eigenvalue weighted by Crippen LogP contribution is -2.14. The molecule has 2 aromatic rings. The first-order valence-electron chi connectivity index (χ1n) is 5.94. The second-order valence-corrected chi connectivity index (χ2v) is 4.85. The van der Waals surface area contributed by atoms with Crippen molar-refractivity contribution in [1.29, 1.82) is 0 Å². The molecule has 102 valence electrons. The van der Waals surface area contributed by atoms with Crippen LogP contribution in [0.3, 0.4) is 0 Å². The number of hydrogen-bond donors (Lipinski definition) is 2. The molecule has 5 nitrogen and oxygen atoms in total. The zero-order valence-corrected chi connectivity index (χ0v) is 12.2. The quantitative estimate of drug-likeness (QED) is 0.825. The molecule has 0 atom stereocenters. The molecule has 0 saturated carbocycles. The second-order valence-electron chi connectivity index (χ2n) is 3.93. The van der Waals surface area contributed by atoms with Crippen molar-refractivity contribution in [1.82, 2.24) is 10.2 Å². The molecule has 0 aliphatic heterocycles. The van der Waals surface area contributed by atoms with Gasteiger partial charge in [-0.2, -0.15) is 0 Å². The third-order valence-corrected chi connectivity index (χ3v) is 2.96. The van der Waals surface area contributed by atoms with Gasteiger partial charge in [0, 0.05) is 16.7 Å². The van der Waals surface area contributed by atoms with Crippen LogP contribution >= 0.6 is 15.9 Å². The van der Waals surface area contributed by atoms with Crippen LogP contribution in [0.5, 0.6) is 0 Å². The summed E-state index contributed by atoms with van der Waals surface area (Å²) in [7, 11) is 0. The van der Waals surface area contributed by atoms with Crippen LogP contribution < -0.4 is 10.6 Å². The van der Waals surface area contributed by atoms with E-state index in [1.165, 1.54) is 0 Å². The average molecular weight is 333 g/mol. The summed E-state index contributed by atoms with van der Waals surface area (Å²) < 4.78 is 0.952. The van der Waals surface area contributed by atoms with Gasteiger partial charge in [0.25, 0.3) is 5.91 Å². The number of rotatable bonds is 5. The number of halogens is 1. The molecule has 0 unspecified atom stereocenters. The minimum Gasteiger partial charge on any atom is -0.365 e. The molecule has 0 radical (unpaired) electrons. The zero-order chi connectivity index (χ0) is 14.4. The van der Waals surface area contributed by atoms with Crippen LogP contribution in [-0.2, 0) is 0 Å². The molecule has 1 aromatic carbocycles. The van der Waals surface area contributed by atoms with Crippen LogP contribution in [0.1, 0.15) is 10.5 Å². The molecule has 2 rings (SSSR count). The number of hydrogen-bond acceptors (Lipinski definition) is 4. The first-order chi connectivity index (χ1) is 9.69. The fourth-order valence-electron chi connectivity index (χ4n) is 1.45. The van der Waals surface area contributed by atoms with E-state index in [9.17, 15) is 4.79 Å². The normalized spacial score (nSPS) is 9.85. The highest BCUT2D eigenvalue weighted by Gasteiger charge is 2.08. The summed E-state index contributed by atoms with van der Waals surface area (Å²) in [6, 6.07) is 10.6. The van der Waals surface area contributed by atoms with E-state index in [-0.39, 0.29) is 11.6 Å². The topological polar surface area (TPSA) is 66.9 Å². The Hall–Kier alpha value is -2.21. The number of amides is 1. The van der Waals surface area contributed by atoms with Gasteiger partial charge < -0.3 is 10.6 Å². The summed E-state index contributed by atoms with van der Waals surface area (Å²) in [5.41, 5.74) is 0.964. The summed E-state index contributed by atoms with van der Waals surface area (Å²) in [5, 5.41) is 13.5. The van der Waals surface area contributed by atoms with Crippen molar-refractivity contribution in [2.24, 2.45) is 0 Å². The molecule has 1 amide bonds. The standard InChI is InChI=1S/C14H13BrN4O/c1-2-9-16-13-8-7-12(18-19-13)14(20)17-11-5-3-10(15)4-6-11/h2-8H,1,9H2,(H,16,19)(H,17,20). The lowest BCUT2D eigenvalue weighted by atomic mass is 10.3. The molecule has 0 aliphatic carbocycles.